The van der Waals surface area contributed by atoms with Crippen LogP contribution in [0.5, 0.6) is 0 Å². The first-order valence-corrected chi connectivity index (χ1v) is 8.46. The molecule has 0 unspecified atom stereocenters. The van der Waals surface area contributed by atoms with Crippen LogP contribution in [-0.4, -0.2) is 39.2 Å². The summed E-state index contributed by atoms with van der Waals surface area (Å²) >= 11 is 0. The molecule has 0 bridgehead atoms. The Labute approximate surface area is 143 Å². The Balaban J connectivity index is 2.02. The number of fused-ring (bicyclic) bond motifs is 1. The molecule has 130 valence electrons. The number of ketones is 1. The molecule has 1 heterocycles. The number of nitriles is 1. The lowest BCUT2D eigenvalue weighted by molar-refractivity contribution is -0.145. The minimum atomic E-state index is -3.70. The molecule has 10 heteroatoms. The lowest BCUT2D eigenvalue weighted by Gasteiger charge is -2.03. The van der Waals surface area contributed by atoms with Crippen molar-refractivity contribution >= 4 is 27.6 Å². The zero-order valence-electron chi connectivity index (χ0n) is 13.1. The van der Waals surface area contributed by atoms with Crippen LogP contribution in [0.2, 0.25) is 0 Å². The van der Waals surface area contributed by atoms with E-state index in [0.717, 1.165) is 0 Å². The van der Waals surface area contributed by atoms with Gasteiger partial charge in [0.15, 0.2) is 6.61 Å². The molecule has 0 spiro atoms. The van der Waals surface area contributed by atoms with Crippen molar-refractivity contribution in [2.75, 3.05) is 13.2 Å². The number of nitrogens with one attached hydrogen (secondary N) is 1. The number of nitrogens with two attached hydrogens (primary N) is 1. The van der Waals surface area contributed by atoms with E-state index in [1.807, 2.05) is 0 Å². The van der Waals surface area contributed by atoms with E-state index in [0.29, 0.717) is 5.56 Å². The Morgan fingerprint density at radius 2 is 2.04 bits per heavy atom. The van der Waals surface area contributed by atoms with E-state index in [4.69, 9.17) is 15.7 Å². The summed E-state index contributed by atoms with van der Waals surface area (Å²) in [5, 5.41) is 8.78. The maximum atomic E-state index is 11.9. The minimum absolute atomic E-state index is 0.0225. The fourth-order valence-corrected chi connectivity index (χ4v) is 3.28. The molecule has 1 aliphatic rings. The van der Waals surface area contributed by atoms with E-state index in [1.165, 1.54) is 13.0 Å². The summed E-state index contributed by atoms with van der Waals surface area (Å²) in [7, 11) is -3.70. The highest BCUT2D eigenvalue weighted by atomic mass is 32.2. The van der Waals surface area contributed by atoms with Crippen LogP contribution >= 0.6 is 0 Å². The highest BCUT2D eigenvalue weighted by Crippen LogP contribution is 2.21. The summed E-state index contributed by atoms with van der Waals surface area (Å²) in [5.41, 5.74) is 5.47. The number of allylic oxidation sites excluding steroid dienone is 1. The number of ether oxygens (including phenoxy) is 1. The number of Topliss-reactive ketones (excluding diaryl/α,β-unsaturated/α-hetero) is 1. The maximum absolute atomic E-state index is 11.9. The number of rotatable bonds is 5. The van der Waals surface area contributed by atoms with Gasteiger partial charge < -0.3 is 10.5 Å². The van der Waals surface area contributed by atoms with E-state index < -0.39 is 34.9 Å². The summed E-state index contributed by atoms with van der Waals surface area (Å²) in [6, 6.07) is 7.81. The van der Waals surface area contributed by atoms with Crippen molar-refractivity contribution in [3.05, 3.63) is 41.1 Å². The number of carbonyl (C=O) groups excluding carboxylic acids is 2. The van der Waals surface area contributed by atoms with Crippen molar-refractivity contribution in [3.63, 3.8) is 0 Å². The largest absolute Gasteiger partial charge is 0.456 e. The van der Waals surface area contributed by atoms with E-state index in [1.54, 1.807) is 24.3 Å². The predicted molar refractivity (Wildman–Crippen MR) is 86.6 cm³/mol. The van der Waals surface area contributed by atoms with Crippen molar-refractivity contribution in [2.45, 2.75) is 11.8 Å². The molecule has 0 radical (unpaired) electrons. The van der Waals surface area contributed by atoms with Crippen LogP contribution in [0, 0.1) is 11.3 Å². The topological polar surface area (TPSA) is 152 Å². The summed E-state index contributed by atoms with van der Waals surface area (Å²) < 4.78 is 30.8. The van der Waals surface area contributed by atoms with E-state index >= 15 is 0 Å². The highest BCUT2D eigenvalue weighted by molar-refractivity contribution is 7.90. The zero-order valence-corrected chi connectivity index (χ0v) is 14.0. The molecule has 0 saturated heterocycles. The van der Waals surface area contributed by atoms with Crippen LogP contribution in [-0.2, 0) is 24.3 Å². The first kappa shape index (κ1) is 18.2. The summed E-state index contributed by atoms with van der Waals surface area (Å²) in [5.74, 6) is -1.55. The Morgan fingerprint density at radius 3 is 2.68 bits per heavy atom. The van der Waals surface area contributed by atoms with E-state index in [2.05, 4.69) is 9.71 Å². The first-order valence-electron chi connectivity index (χ1n) is 6.98. The van der Waals surface area contributed by atoms with Gasteiger partial charge in [0, 0.05) is 11.3 Å². The molecule has 1 aromatic carbocycles. The quantitative estimate of drug-likeness (QED) is 0.410. The third kappa shape index (κ3) is 4.02. The number of nitrogens with zero attached hydrogens (tertiary/aromatic N) is 2. The third-order valence-electron chi connectivity index (χ3n) is 3.18. The summed E-state index contributed by atoms with van der Waals surface area (Å²) in [6.45, 7) is 0.240. The Kier molecular flexibility index (Phi) is 5.19. The third-order valence-corrected chi connectivity index (χ3v) is 4.58. The first-order chi connectivity index (χ1) is 11.8. The van der Waals surface area contributed by atoms with Crippen molar-refractivity contribution < 1.29 is 22.7 Å². The Bertz CT molecular complexity index is 937. The van der Waals surface area contributed by atoms with Gasteiger partial charge in [-0.25, -0.2) is 8.42 Å². The van der Waals surface area contributed by atoms with Gasteiger partial charge in [0.2, 0.25) is 5.78 Å². The number of sulfonamides is 1. The van der Waals surface area contributed by atoms with Crippen molar-refractivity contribution in [1.82, 2.24) is 4.72 Å². The summed E-state index contributed by atoms with van der Waals surface area (Å²) in [4.78, 5) is 27.3. The number of carbonyl (C=O) groups is 2. The lowest BCUT2D eigenvalue weighted by atomic mass is 10.1. The Hall–Kier alpha value is -3.19. The molecular formula is C15H14N4O5S. The molecule has 0 aromatic heterocycles. The fraction of sp³-hybridized carbons (Fsp3) is 0.200. The maximum Gasteiger partial charge on any atom is 0.328 e. The van der Waals surface area contributed by atoms with Gasteiger partial charge in [0.05, 0.1) is 4.90 Å². The number of benzene rings is 1. The van der Waals surface area contributed by atoms with Crippen LogP contribution in [0.25, 0.3) is 0 Å². The van der Waals surface area contributed by atoms with Gasteiger partial charge in [-0.3, -0.25) is 19.3 Å². The van der Waals surface area contributed by atoms with Gasteiger partial charge in [0.1, 0.15) is 24.0 Å². The molecule has 2 rings (SSSR count). The van der Waals surface area contributed by atoms with Crippen molar-refractivity contribution in [1.29, 1.82) is 5.26 Å². The zero-order chi connectivity index (χ0) is 18.6. The van der Waals surface area contributed by atoms with Crippen molar-refractivity contribution in [3.8, 4) is 6.07 Å². The smallest absolute Gasteiger partial charge is 0.328 e. The summed E-state index contributed by atoms with van der Waals surface area (Å²) in [6.07, 6.45) is 0. The van der Waals surface area contributed by atoms with Crippen LogP contribution in [0.4, 0.5) is 0 Å². The SMILES string of the molecule is C/C(N)=C(\C#N)C(=O)COC(=O)CN=C1NS(=O)(=O)c2ccccc21. The second-order valence-electron chi connectivity index (χ2n) is 5.02. The van der Waals surface area contributed by atoms with Gasteiger partial charge in [-0.2, -0.15) is 5.26 Å². The molecular weight excluding hydrogens is 348 g/mol. The molecule has 0 amide bonds. The van der Waals surface area contributed by atoms with Gasteiger partial charge >= 0.3 is 5.97 Å². The molecule has 3 N–H and O–H groups in total. The normalized spacial score (nSPS) is 17.0. The molecule has 9 nitrogen and oxygen atoms in total. The molecule has 25 heavy (non-hydrogen) atoms. The number of aliphatic imine (C=N–C) groups is 1. The fourth-order valence-electron chi connectivity index (χ4n) is 2.03. The monoisotopic (exact) mass is 362 g/mol. The molecule has 1 aliphatic heterocycles. The second kappa shape index (κ2) is 7.14. The molecule has 0 saturated carbocycles. The average Bonchev–Trinajstić information content (AvgIpc) is 2.82. The molecule has 0 fully saturated rings. The standard InChI is InChI=1S/C15H14N4O5S/c1-9(17)11(6-16)12(20)8-24-14(21)7-18-15-10-4-2-3-5-13(10)25(22,23)19-15/h2-5H,7-8,17H2,1H3,(H,18,19)/b11-9-. The average molecular weight is 362 g/mol. The minimum Gasteiger partial charge on any atom is -0.456 e. The predicted octanol–water partition coefficient (Wildman–Crippen LogP) is -0.406. The van der Waals surface area contributed by atoms with Crippen LogP contribution in [0.15, 0.2) is 45.4 Å². The number of hydrogen-bond acceptors (Lipinski definition) is 8. The van der Waals surface area contributed by atoms with Gasteiger partial charge in [-0.15, -0.1) is 0 Å². The molecule has 1 aromatic rings. The number of esters is 1. The van der Waals surface area contributed by atoms with Crippen LogP contribution < -0.4 is 10.5 Å². The van der Waals surface area contributed by atoms with Gasteiger partial charge in [0.25, 0.3) is 10.0 Å². The number of hydrogen-bond donors (Lipinski definition) is 2. The van der Waals surface area contributed by atoms with Gasteiger partial charge in [-0.1, -0.05) is 12.1 Å². The van der Waals surface area contributed by atoms with Crippen LogP contribution in [0.1, 0.15) is 12.5 Å². The highest BCUT2D eigenvalue weighted by Gasteiger charge is 2.30. The number of amidine groups is 1. The van der Waals surface area contributed by atoms with Crippen LogP contribution in [0.3, 0.4) is 0 Å². The van der Waals surface area contributed by atoms with E-state index in [-0.39, 0.29) is 22.0 Å². The molecule has 0 atom stereocenters. The second-order valence-corrected chi connectivity index (χ2v) is 6.67. The Morgan fingerprint density at radius 1 is 1.36 bits per heavy atom. The lowest BCUT2D eigenvalue weighted by Crippen LogP contribution is -2.24. The van der Waals surface area contributed by atoms with E-state index in [9.17, 15) is 18.0 Å². The van der Waals surface area contributed by atoms with Gasteiger partial charge in [-0.05, 0) is 19.1 Å². The molecule has 0 aliphatic carbocycles. The van der Waals surface area contributed by atoms with Crippen molar-refractivity contribution in [2.24, 2.45) is 10.7 Å².